The quantitative estimate of drug-likeness (QED) is 0.112. The molecule has 0 radical (unpaired) electrons. The lowest BCUT2D eigenvalue weighted by atomic mass is 9.87. The van der Waals surface area contributed by atoms with E-state index in [0.717, 1.165) is 61.0 Å². The van der Waals surface area contributed by atoms with Crippen molar-refractivity contribution in [1.29, 1.82) is 0 Å². The van der Waals surface area contributed by atoms with Crippen LogP contribution in [0.2, 0.25) is 0 Å². The molecule has 0 bridgehead atoms. The minimum absolute atomic E-state index is 0.0342. The SMILES string of the molecule is COCC(=O)N1CCCC1c1nc(-c2ccc([C@H]3CCC(c4ccc(-c5cc([C@@H]6CCCN6C(=O)C(NC(=O)OC)C(C)C)[nH]n5)cc4)N3c3ccc(C(C)(C)C)cc3)cc2)n[nH]1. The van der Waals surface area contributed by atoms with Gasteiger partial charge in [-0.2, -0.15) is 10.2 Å². The van der Waals surface area contributed by atoms with Gasteiger partial charge in [-0.3, -0.25) is 19.8 Å². The molecule has 14 heteroatoms. The van der Waals surface area contributed by atoms with Crippen molar-refractivity contribution < 1.29 is 23.9 Å². The minimum Gasteiger partial charge on any atom is -0.453 e. The van der Waals surface area contributed by atoms with Crippen LogP contribution in [0.1, 0.15) is 126 Å². The standard InChI is InChI=1S/C49H61N9O5/c1-30(2)44(50-48(61)63-7)47(60)57-27-8-10-41(57)38-28-37(52-53-38)31-12-14-32(15-13-31)39-24-25-40(58(39)36-22-20-35(21-23-36)49(3,4)5)33-16-18-34(19-17-33)45-51-46(55-54-45)42-11-9-26-56(42)43(59)29-62-6/h12-23,28,30,39-42,44H,8-11,24-27,29H2,1-7H3,(H,50,61)(H,52,53)(H,51,54,55)/t39?,40-,41+,42?,44?/m1/s1. The van der Waals surface area contributed by atoms with E-state index < -0.39 is 12.1 Å². The number of carbonyl (C=O) groups excluding carboxylic acids is 3. The molecule has 3 N–H and O–H groups in total. The summed E-state index contributed by atoms with van der Waals surface area (Å²) in [6, 6.07) is 27.8. The van der Waals surface area contributed by atoms with E-state index in [1.807, 2.05) is 29.7 Å². The zero-order chi connectivity index (χ0) is 44.4. The number of H-pyrrole nitrogens is 2. The van der Waals surface area contributed by atoms with E-state index in [2.05, 4.69) is 119 Å². The molecule has 0 saturated carbocycles. The minimum atomic E-state index is -0.680. The highest BCUT2D eigenvalue weighted by atomic mass is 16.5. The Morgan fingerprint density at radius 3 is 1.98 bits per heavy atom. The maximum Gasteiger partial charge on any atom is 0.407 e. The third-order valence-electron chi connectivity index (χ3n) is 13.1. The molecule has 3 aromatic carbocycles. The summed E-state index contributed by atoms with van der Waals surface area (Å²) in [5.74, 6) is 1.07. The highest BCUT2D eigenvalue weighted by molar-refractivity contribution is 5.86. The van der Waals surface area contributed by atoms with Gasteiger partial charge < -0.3 is 29.5 Å². The van der Waals surface area contributed by atoms with E-state index in [-0.39, 0.29) is 53.9 Å². The molecule has 63 heavy (non-hydrogen) atoms. The van der Waals surface area contributed by atoms with E-state index in [4.69, 9.17) is 19.6 Å². The van der Waals surface area contributed by atoms with Crippen LogP contribution < -0.4 is 10.2 Å². The number of amides is 3. The molecule has 3 aliphatic heterocycles. The van der Waals surface area contributed by atoms with Gasteiger partial charge in [0.15, 0.2) is 5.82 Å². The molecule has 3 fully saturated rings. The summed E-state index contributed by atoms with van der Waals surface area (Å²) in [5, 5.41) is 18.4. The Morgan fingerprint density at radius 2 is 1.38 bits per heavy atom. The number of methoxy groups -OCH3 is 2. The predicted octanol–water partition coefficient (Wildman–Crippen LogP) is 8.60. The van der Waals surface area contributed by atoms with Crippen molar-refractivity contribution in [3.05, 3.63) is 107 Å². The Labute approximate surface area is 370 Å². The second kappa shape index (κ2) is 18.4. The van der Waals surface area contributed by atoms with Crippen molar-refractivity contribution in [2.24, 2.45) is 5.92 Å². The third-order valence-corrected chi connectivity index (χ3v) is 13.1. The molecule has 5 atom stereocenters. The lowest BCUT2D eigenvalue weighted by Gasteiger charge is -2.34. The molecular formula is C49H61N9O5. The Kier molecular flexibility index (Phi) is 12.7. The Bertz CT molecular complexity index is 2370. The molecule has 2 aromatic heterocycles. The first-order valence-corrected chi connectivity index (χ1v) is 22.3. The number of ether oxygens (including phenoxy) is 2. The normalized spacial score (nSPS) is 20.7. The molecule has 0 aliphatic carbocycles. The van der Waals surface area contributed by atoms with Gasteiger partial charge in [0.1, 0.15) is 18.5 Å². The summed E-state index contributed by atoms with van der Waals surface area (Å²) in [6.45, 7) is 11.9. The van der Waals surface area contributed by atoms with Crippen LogP contribution in [0.25, 0.3) is 22.6 Å². The predicted molar refractivity (Wildman–Crippen MR) is 242 cm³/mol. The summed E-state index contributed by atoms with van der Waals surface area (Å²) in [5.41, 5.74) is 8.59. The van der Waals surface area contributed by atoms with Crippen molar-refractivity contribution >= 4 is 23.6 Å². The van der Waals surface area contributed by atoms with Gasteiger partial charge in [-0.05, 0) is 84.7 Å². The lowest BCUT2D eigenvalue weighted by Crippen LogP contribution is -2.51. The monoisotopic (exact) mass is 855 g/mol. The van der Waals surface area contributed by atoms with Gasteiger partial charge in [-0.15, -0.1) is 0 Å². The van der Waals surface area contributed by atoms with Gasteiger partial charge in [0.05, 0.1) is 42.7 Å². The van der Waals surface area contributed by atoms with Crippen LogP contribution in [-0.2, 0) is 24.5 Å². The Balaban J connectivity index is 1.01. The molecule has 3 unspecified atom stereocenters. The van der Waals surface area contributed by atoms with E-state index in [9.17, 15) is 14.4 Å². The van der Waals surface area contributed by atoms with Gasteiger partial charge in [0.25, 0.3) is 0 Å². The highest BCUT2D eigenvalue weighted by Gasteiger charge is 2.39. The number of hydrogen-bond acceptors (Lipinski definition) is 9. The highest BCUT2D eigenvalue weighted by Crippen LogP contribution is 2.48. The molecule has 0 spiro atoms. The molecule has 3 saturated heterocycles. The van der Waals surface area contributed by atoms with Gasteiger partial charge in [-0.25, -0.2) is 9.78 Å². The number of nitrogens with one attached hydrogen (secondary N) is 3. The summed E-state index contributed by atoms with van der Waals surface area (Å²) in [6.07, 6.45) is 4.79. The van der Waals surface area contributed by atoms with Crippen molar-refractivity contribution in [3.8, 4) is 22.6 Å². The van der Waals surface area contributed by atoms with Gasteiger partial charge in [-0.1, -0.05) is 95.3 Å². The summed E-state index contributed by atoms with van der Waals surface area (Å²) in [7, 11) is 2.85. The first-order valence-electron chi connectivity index (χ1n) is 22.3. The van der Waals surface area contributed by atoms with E-state index in [0.29, 0.717) is 24.7 Å². The Morgan fingerprint density at radius 1 is 0.762 bits per heavy atom. The number of aromatic amines is 2. The summed E-state index contributed by atoms with van der Waals surface area (Å²) < 4.78 is 9.92. The zero-order valence-electron chi connectivity index (χ0n) is 37.6. The zero-order valence-corrected chi connectivity index (χ0v) is 37.6. The lowest BCUT2D eigenvalue weighted by molar-refractivity contribution is -0.136. The number of aromatic nitrogens is 5. The fourth-order valence-corrected chi connectivity index (χ4v) is 9.68. The number of benzene rings is 3. The van der Waals surface area contributed by atoms with Crippen molar-refractivity contribution in [1.82, 2.24) is 40.5 Å². The van der Waals surface area contributed by atoms with Crippen LogP contribution in [0.15, 0.2) is 78.9 Å². The van der Waals surface area contributed by atoms with Crippen LogP contribution in [0.5, 0.6) is 0 Å². The molecule has 5 aromatic rings. The summed E-state index contributed by atoms with van der Waals surface area (Å²) in [4.78, 5) is 49.6. The number of alkyl carbamates (subject to hydrolysis) is 1. The third kappa shape index (κ3) is 9.09. The average Bonchev–Trinajstić information content (AvgIpc) is 4.14. The Hall–Kier alpha value is -6.02. The van der Waals surface area contributed by atoms with E-state index >= 15 is 0 Å². The van der Waals surface area contributed by atoms with Gasteiger partial charge >= 0.3 is 6.09 Å². The van der Waals surface area contributed by atoms with Crippen LogP contribution in [0, 0.1) is 5.92 Å². The largest absolute Gasteiger partial charge is 0.453 e. The maximum absolute atomic E-state index is 13.7. The molecule has 14 nitrogen and oxygen atoms in total. The van der Waals surface area contributed by atoms with Crippen LogP contribution in [-0.4, -0.2) is 93.0 Å². The number of nitrogens with zero attached hydrogens (tertiary/aromatic N) is 6. The van der Waals surface area contributed by atoms with Gasteiger partial charge in [0.2, 0.25) is 11.8 Å². The molecule has 332 valence electrons. The second-order valence-corrected chi connectivity index (χ2v) is 18.5. The summed E-state index contributed by atoms with van der Waals surface area (Å²) >= 11 is 0. The number of anilines is 1. The van der Waals surface area contributed by atoms with Crippen LogP contribution >= 0.6 is 0 Å². The smallest absolute Gasteiger partial charge is 0.407 e. The van der Waals surface area contributed by atoms with E-state index in [1.54, 1.807) is 7.11 Å². The fraction of sp³-hybridized carbons (Fsp3) is 0.469. The molecule has 3 amide bonds. The van der Waals surface area contributed by atoms with Gasteiger partial charge in [0, 0.05) is 37.0 Å². The van der Waals surface area contributed by atoms with Crippen LogP contribution in [0.3, 0.4) is 0 Å². The number of likely N-dealkylation sites (tertiary alicyclic amines) is 2. The van der Waals surface area contributed by atoms with E-state index in [1.165, 1.54) is 29.5 Å². The van der Waals surface area contributed by atoms with Crippen molar-refractivity contribution in [2.75, 3.05) is 38.8 Å². The fourth-order valence-electron chi connectivity index (χ4n) is 9.68. The number of carbonyl (C=O) groups is 3. The van der Waals surface area contributed by atoms with Crippen molar-refractivity contribution in [2.45, 2.75) is 109 Å². The molecular weight excluding hydrogens is 795 g/mol. The number of hydrogen-bond donors (Lipinski definition) is 3. The molecule has 5 heterocycles. The van der Waals surface area contributed by atoms with Crippen LogP contribution in [0.4, 0.5) is 10.5 Å². The first kappa shape index (κ1) is 43.6. The molecule has 8 rings (SSSR count). The topological polar surface area (TPSA) is 162 Å². The first-order chi connectivity index (χ1) is 30.3. The second-order valence-electron chi connectivity index (χ2n) is 18.5. The molecule has 3 aliphatic rings. The number of rotatable bonds is 12. The average molecular weight is 856 g/mol. The van der Waals surface area contributed by atoms with Crippen molar-refractivity contribution in [3.63, 3.8) is 0 Å². The maximum atomic E-state index is 13.7.